The van der Waals surface area contributed by atoms with E-state index in [1.54, 1.807) is 7.11 Å². The van der Waals surface area contributed by atoms with Gasteiger partial charge in [0.15, 0.2) is 0 Å². The summed E-state index contributed by atoms with van der Waals surface area (Å²) in [5, 5.41) is 0. The van der Waals surface area contributed by atoms with Gasteiger partial charge in [0.2, 0.25) is 0 Å². The lowest BCUT2D eigenvalue weighted by Crippen LogP contribution is -2.15. The average molecular weight is 191 g/mol. The van der Waals surface area contributed by atoms with Crippen LogP contribution in [0.3, 0.4) is 0 Å². The van der Waals surface area contributed by atoms with Crippen molar-refractivity contribution in [2.75, 3.05) is 7.11 Å². The molecule has 0 fully saturated rings. The van der Waals surface area contributed by atoms with Crippen molar-refractivity contribution in [2.24, 2.45) is 5.73 Å². The van der Waals surface area contributed by atoms with Crippen LogP contribution in [0.25, 0.3) is 6.08 Å². The minimum Gasteiger partial charge on any atom is -0.497 e. The summed E-state index contributed by atoms with van der Waals surface area (Å²) in [6.45, 7) is 4.02. The summed E-state index contributed by atoms with van der Waals surface area (Å²) in [6.07, 6.45) is 2.09. The van der Waals surface area contributed by atoms with E-state index in [-0.39, 0.29) is 6.04 Å². The van der Waals surface area contributed by atoms with Crippen molar-refractivity contribution in [3.05, 3.63) is 35.4 Å². The van der Waals surface area contributed by atoms with Crippen LogP contribution in [-0.2, 0) is 0 Å². The Morgan fingerprint density at radius 1 is 1.36 bits per heavy atom. The van der Waals surface area contributed by atoms with E-state index in [4.69, 9.17) is 10.5 Å². The Morgan fingerprint density at radius 3 is 2.36 bits per heavy atom. The van der Waals surface area contributed by atoms with Crippen LogP contribution in [0.15, 0.2) is 29.8 Å². The standard InChI is InChI=1S/C12H17NO/c1-9(10(2)13)8-11-4-6-12(14-3)7-5-11/h4-8,10H,13H2,1-3H3/b9-8-. The van der Waals surface area contributed by atoms with Crippen LogP contribution in [0.2, 0.25) is 0 Å². The van der Waals surface area contributed by atoms with Crippen molar-refractivity contribution in [3.8, 4) is 5.75 Å². The highest BCUT2D eigenvalue weighted by Crippen LogP contribution is 2.14. The molecule has 0 bridgehead atoms. The lowest BCUT2D eigenvalue weighted by Gasteiger charge is -2.05. The molecule has 0 aromatic heterocycles. The van der Waals surface area contributed by atoms with Crippen LogP contribution in [0, 0.1) is 0 Å². The van der Waals surface area contributed by atoms with Crippen molar-refractivity contribution in [3.63, 3.8) is 0 Å². The molecule has 0 aliphatic carbocycles. The Kier molecular flexibility index (Phi) is 3.72. The first kappa shape index (κ1) is 10.8. The van der Waals surface area contributed by atoms with Gasteiger partial charge in [0.05, 0.1) is 7.11 Å². The van der Waals surface area contributed by atoms with Gasteiger partial charge in [-0.05, 0) is 31.5 Å². The fraction of sp³-hybridized carbons (Fsp3) is 0.333. The van der Waals surface area contributed by atoms with E-state index in [0.29, 0.717) is 0 Å². The van der Waals surface area contributed by atoms with Gasteiger partial charge in [0.25, 0.3) is 0 Å². The molecule has 0 spiro atoms. The molecule has 2 nitrogen and oxygen atoms in total. The Bertz CT molecular complexity index is 312. The predicted octanol–water partition coefficient (Wildman–Crippen LogP) is 2.45. The van der Waals surface area contributed by atoms with Crippen LogP contribution >= 0.6 is 0 Å². The van der Waals surface area contributed by atoms with Crippen LogP contribution in [0.5, 0.6) is 5.75 Å². The van der Waals surface area contributed by atoms with Crippen LogP contribution in [0.4, 0.5) is 0 Å². The maximum Gasteiger partial charge on any atom is 0.118 e. The van der Waals surface area contributed by atoms with E-state index >= 15 is 0 Å². The molecule has 1 atom stereocenters. The fourth-order valence-electron chi connectivity index (χ4n) is 1.09. The minimum atomic E-state index is 0.108. The summed E-state index contributed by atoms with van der Waals surface area (Å²) in [4.78, 5) is 0. The van der Waals surface area contributed by atoms with Gasteiger partial charge >= 0.3 is 0 Å². The van der Waals surface area contributed by atoms with Gasteiger partial charge in [-0.2, -0.15) is 0 Å². The zero-order valence-corrected chi connectivity index (χ0v) is 8.95. The molecule has 0 saturated carbocycles. The Balaban J connectivity index is 2.83. The summed E-state index contributed by atoms with van der Waals surface area (Å²) in [5.41, 5.74) is 8.08. The third-order valence-electron chi connectivity index (χ3n) is 2.23. The van der Waals surface area contributed by atoms with Gasteiger partial charge < -0.3 is 10.5 Å². The van der Waals surface area contributed by atoms with Crippen molar-refractivity contribution >= 4 is 6.08 Å². The second kappa shape index (κ2) is 4.82. The number of hydrogen-bond acceptors (Lipinski definition) is 2. The van der Waals surface area contributed by atoms with Gasteiger partial charge in [-0.3, -0.25) is 0 Å². The molecule has 2 heteroatoms. The van der Waals surface area contributed by atoms with Gasteiger partial charge in [-0.25, -0.2) is 0 Å². The molecular formula is C12H17NO. The third kappa shape index (κ3) is 2.89. The van der Waals surface area contributed by atoms with Crippen molar-refractivity contribution in [2.45, 2.75) is 19.9 Å². The minimum absolute atomic E-state index is 0.108. The van der Waals surface area contributed by atoms with Crippen LogP contribution < -0.4 is 10.5 Å². The molecule has 2 N–H and O–H groups in total. The number of hydrogen-bond donors (Lipinski definition) is 1. The number of nitrogens with two attached hydrogens (primary N) is 1. The van der Waals surface area contributed by atoms with Crippen LogP contribution in [0.1, 0.15) is 19.4 Å². The van der Waals surface area contributed by atoms with Crippen molar-refractivity contribution in [1.82, 2.24) is 0 Å². The highest BCUT2D eigenvalue weighted by molar-refractivity contribution is 5.54. The first-order valence-electron chi connectivity index (χ1n) is 4.71. The Labute approximate surface area is 85.4 Å². The smallest absolute Gasteiger partial charge is 0.118 e. The summed E-state index contributed by atoms with van der Waals surface area (Å²) in [7, 11) is 1.66. The molecule has 1 aromatic carbocycles. The average Bonchev–Trinajstić information content (AvgIpc) is 2.19. The molecule has 1 unspecified atom stereocenters. The largest absolute Gasteiger partial charge is 0.497 e. The zero-order chi connectivity index (χ0) is 10.6. The number of ether oxygens (including phenoxy) is 1. The normalized spacial score (nSPS) is 13.9. The van der Waals surface area contributed by atoms with E-state index in [2.05, 4.69) is 6.08 Å². The van der Waals surface area contributed by atoms with Gasteiger partial charge in [-0.1, -0.05) is 23.8 Å². The fourth-order valence-corrected chi connectivity index (χ4v) is 1.09. The molecule has 76 valence electrons. The maximum absolute atomic E-state index is 5.75. The Morgan fingerprint density at radius 2 is 1.93 bits per heavy atom. The first-order valence-corrected chi connectivity index (χ1v) is 4.71. The van der Waals surface area contributed by atoms with E-state index in [9.17, 15) is 0 Å². The second-order valence-electron chi connectivity index (χ2n) is 3.45. The van der Waals surface area contributed by atoms with Gasteiger partial charge in [-0.15, -0.1) is 0 Å². The summed E-state index contributed by atoms with van der Waals surface area (Å²) >= 11 is 0. The molecular weight excluding hydrogens is 174 g/mol. The highest BCUT2D eigenvalue weighted by Gasteiger charge is 1.97. The lowest BCUT2D eigenvalue weighted by atomic mass is 10.1. The van der Waals surface area contributed by atoms with E-state index in [1.807, 2.05) is 38.1 Å². The highest BCUT2D eigenvalue weighted by atomic mass is 16.5. The van der Waals surface area contributed by atoms with Gasteiger partial charge in [0.1, 0.15) is 5.75 Å². The van der Waals surface area contributed by atoms with E-state index in [1.165, 1.54) is 5.57 Å². The molecule has 14 heavy (non-hydrogen) atoms. The van der Waals surface area contributed by atoms with Gasteiger partial charge in [0, 0.05) is 6.04 Å². The molecule has 0 aliphatic rings. The van der Waals surface area contributed by atoms with Crippen molar-refractivity contribution < 1.29 is 4.74 Å². The SMILES string of the molecule is COc1ccc(/C=C(/C)C(C)N)cc1. The molecule has 0 heterocycles. The van der Waals surface area contributed by atoms with Crippen molar-refractivity contribution in [1.29, 1.82) is 0 Å². The zero-order valence-electron chi connectivity index (χ0n) is 8.95. The summed E-state index contributed by atoms with van der Waals surface area (Å²) < 4.78 is 5.08. The van der Waals surface area contributed by atoms with E-state index < -0.39 is 0 Å². The lowest BCUT2D eigenvalue weighted by molar-refractivity contribution is 0.415. The monoisotopic (exact) mass is 191 g/mol. The predicted molar refractivity (Wildman–Crippen MR) is 60.3 cm³/mol. The molecule has 0 aliphatic heterocycles. The molecule has 1 rings (SSSR count). The molecule has 1 aromatic rings. The Hall–Kier alpha value is -1.28. The quantitative estimate of drug-likeness (QED) is 0.796. The third-order valence-corrected chi connectivity index (χ3v) is 2.23. The number of rotatable bonds is 3. The summed E-state index contributed by atoms with van der Waals surface area (Å²) in [6, 6.07) is 8.04. The topological polar surface area (TPSA) is 35.2 Å². The van der Waals surface area contributed by atoms with E-state index in [0.717, 1.165) is 11.3 Å². The summed E-state index contributed by atoms with van der Waals surface area (Å²) in [5.74, 6) is 0.876. The molecule has 0 saturated heterocycles. The maximum atomic E-state index is 5.75. The van der Waals surface area contributed by atoms with Crippen LogP contribution in [-0.4, -0.2) is 13.2 Å². The number of methoxy groups -OCH3 is 1. The second-order valence-corrected chi connectivity index (χ2v) is 3.45. The molecule has 0 radical (unpaired) electrons. The number of benzene rings is 1. The first-order chi connectivity index (χ1) is 6.63. The molecule has 0 amide bonds.